The van der Waals surface area contributed by atoms with Crippen molar-refractivity contribution >= 4 is 5.91 Å². The Balaban J connectivity index is 1.45. The maximum absolute atomic E-state index is 12.6. The van der Waals surface area contributed by atoms with Crippen molar-refractivity contribution in [2.45, 2.75) is 18.5 Å². The molecule has 1 aliphatic rings. The number of amides is 1. The van der Waals surface area contributed by atoms with Gasteiger partial charge in [-0.3, -0.25) is 4.79 Å². The first-order chi connectivity index (χ1) is 12.9. The summed E-state index contributed by atoms with van der Waals surface area (Å²) in [6, 6.07) is 10.7. The Morgan fingerprint density at radius 2 is 1.93 bits per heavy atom. The molecular formula is C17H13F3N4O3. The highest BCUT2D eigenvalue weighted by molar-refractivity contribution is 5.93. The van der Waals surface area contributed by atoms with Crippen LogP contribution in [0.3, 0.4) is 0 Å². The van der Waals surface area contributed by atoms with Gasteiger partial charge in [-0.15, -0.1) is 0 Å². The molecule has 1 amide bonds. The molecule has 4 rings (SSSR count). The van der Waals surface area contributed by atoms with Crippen LogP contribution in [0.4, 0.5) is 13.2 Å². The van der Waals surface area contributed by atoms with Gasteiger partial charge < -0.3 is 13.9 Å². The van der Waals surface area contributed by atoms with Crippen molar-refractivity contribution in [2.24, 2.45) is 0 Å². The van der Waals surface area contributed by atoms with Crippen LogP contribution < -0.4 is 0 Å². The number of benzene rings is 1. The molecule has 1 aromatic carbocycles. The summed E-state index contributed by atoms with van der Waals surface area (Å²) in [5, 5.41) is 7.20. The van der Waals surface area contributed by atoms with Crippen LogP contribution in [0.15, 0.2) is 45.4 Å². The van der Waals surface area contributed by atoms with Crippen LogP contribution in [0.1, 0.15) is 34.5 Å². The second kappa shape index (κ2) is 6.53. The highest BCUT2D eigenvalue weighted by Crippen LogP contribution is 2.31. The zero-order chi connectivity index (χ0) is 19.0. The van der Waals surface area contributed by atoms with Crippen molar-refractivity contribution in [1.29, 1.82) is 0 Å². The van der Waals surface area contributed by atoms with E-state index in [1.54, 1.807) is 6.07 Å². The predicted molar refractivity (Wildman–Crippen MR) is 84.5 cm³/mol. The van der Waals surface area contributed by atoms with Gasteiger partial charge >= 0.3 is 12.1 Å². The molecule has 0 radical (unpaired) electrons. The minimum atomic E-state index is -4.69. The molecule has 3 heterocycles. The topological polar surface area (TPSA) is 85.3 Å². The van der Waals surface area contributed by atoms with E-state index in [-0.39, 0.29) is 24.0 Å². The van der Waals surface area contributed by atoms with E-state index in [2.05, 4.69) is 19.8 Å². The van der Waals surface area contributed by atoms with Gasteiger partial charge in [-0.05, 0) is 6.42 Å². The fourth-order valence-corrected chi connectivity index (χ4v) is 2.95. The molecule has 7 nitrogen and oxygen atoms in total. The molecule has 1 atom stereocenters. The third-order valence-corrected chi connectivity index (χ3v) is 4.31. The van der Waals surface area contributed by atoms with Gasteiger partial charge in [-0.1, -0.05) is 40.6 Å². The first-order valence-electron chi connectivity index (χ1n) is 8.14. The number of carbonyl (C=O) groups excluding carboxylic acids is 1. The van der Waals surface area contributed by atoms with Crippen LogP contribution in [0, 0.1) is 0 Å². The maximum Gasteiger partial charge on any atom is 0.471 e. The van der Waals surface area contributed by atoms with Crippen molar-refractivity contribution in [3.63, 3.8) is 0 Å². The van der Waals surface area contributed by atoms with E-state index < -0.39 is 18.0 Å². The molecule has 1 unspecified atom stereocenters. The third kappa shape index (κ3) is 3.42. The predicted octanol–water partition coefficient (Wildman–Crippen LogP) is 3.37. The fraction of sp³-hybridized carbons (Fsp3) is 0.294. The van der Waals surface area contributed by atoms with E-state index >= 15 is 0 Å². The van der Waals surface area contributed by atoms with Crippen molar-refractivity contribution < 1.29 is 27.0 Å². The summed E-state index contributed by atoms with van der Waals surface area (Å²) in [5.41, 5.74) is 0.924. The molecule has 0 bridgehead atoms. The quantitative estimate of drug-likeness (QED) is 0.695. The van der Waals surface area contributed by atoms with E-state index in [9.17, 15) is 18.0 Å². The zero-order valence-corrected chi connectivity index (χ0v) is 13.8. The zero-order valence-electron chi connectivity index (χ0n) is 13.8. The summed E-state index contributed by atoms with van der Waals surface area (Å²) < 4.78 is 47.2. The first-order valence-corrected chi connectivity index (χ1v) is 8.14. The molecule has 1 aliphatic heterocycles. The van der Waals surface area contributed by atoms with Crippen LogP contribution >= 0.6 is 0 Å². The Morgan fingerprint density at radius 3 is 2.63 bits per heavy atom. The second-order valence-corrected chi connectivity index (χ2v) is 6.13. The first kappa shape index (κ1) is 17.3. The molecule has 1 saturated heterocycles. The van der Waals surface area contributed by atoms with E-state index in [1.165, 1.54) is 4.90 Å². The van der Waals surface area contributed by atoms with Crippen LogP contribution in [0.25, 0.3) is 11.3 Å². The number of hydrogen-bond donors (Lipinski definition) is 0. The van der Waals surface area contributed by atoms with Crippen molar-refractivity contribution in [3.8, 4) is 11.3 Å². The average Bonchev–Trinajstić information content (AvgIpc) is 3.40. The van der Waals surface area contributed by atoms with Gasteiger partial charge in [-0.2, -0.15) is 18.2 Å². The van der Waals surface area contributed by atoms with Crippen LogP contribution in [0.2, 0.25) is 0 Å². The number of likely N-dealkylation sites (tertiary alicyclic amines) is 1. The minimum absolute atomic E-state index is 0.0530. The Bertz CT molecular complexity index is 952. The lowest BCUT2D eigenvalue weighted by Crippen LogP contribution is -2.28. The van der Waals surface area contributed by atoms with Crippen LogP contribution in [-0.4, -0.2) is 39.2 Å². The van der Waals surface area contributed by atoms with E-state index in [4.69, 9.17) is 4.52 Å². The molecule has 0 saturated carbocycles. The minimum Gasteiger partial charge on any atom is -0.355 e. The number of aromatic nitrogens is 3. The Morgan fingerprint density at radius 1 is 1.15 bits per heavy atom. The summed E-state index contributed by atoms with van der Waals surface area (Å²) in [5.74, 6) is -1.76. The van der Waals surface area contributed by atoms with Crippen LogP contribution in [-0.2, 0) is 6.18 Å². The number of carbonyl (C=O) groups is 1. The summed E-state index contributed by atoms with van der Waals surface area (Å²) in [6.07, 6.45) is -4.25. The number of hydrogen-bond acceptors (Lipinski definition) is 6. The van der Waals surface area contributed by atoms with Gasteiger partial charge in [-0.25, -0.2) is 0 Å². The highest BCUT2D eigenvalue weighted by atomic mass is 19.4. The summed E-state index contributed by atoms with van der Waals surface area (Å²) >= 11 is 0. The number of nitrogens with zero attached hydrogens (tertiary/aromatic N) is 4. The Labute approximate surface area is 150 Å². The molecule has 140 valence electrons. The molecule has 0 N–H and O–H groups in total. The number of halogens is 3. The molecule has 0 spiro atoms. The van der Waals surface area contributed by atoms with Gasteiger partial charge in [0.2, 0.25) is 0 Å². The van der Waals surface area contributed by atoms with Crippen LogP contribution in [0.5, 0.6) is 0 Å². The summed E-state index contributed by atoms with van der Waals surface area (Å²) in [6.45, 7) is 0.538. The second-order valence-electron chi connectivity index (χ2n) is 6.13. The molecule has 10 heteroatoms. The van der Waals surface area contributed by atoms with Gasteiger partial charge in [0.05, 0.1) is 0 Å². The number of alkyl halides is 3. The molecular weight excluding hydrogens is 365 g/mol. The monoisotopic (exact) mass is 378 g/mol. The van der Waals surface area contributed by atoms with E-state index in [1.807, 2.05) is 30.3 Å². The van der Waals surface area contributed by atoms with Gasteiger partial charge in [0.25, 0.3) is 5.91 Å². The molecule has 3 aromatic rings. The molecule has 2 aromatic heterocycles. The largest absolute Gasteiger partial charge is 0.471 e. The lowest BCUT2D eigenvalue weighted by molar-refractivity contribution is -0.159. The van der Waals surface area contributed by atoms with Gasteiger partial charge in [0, 0.05) is 30.6 Å². The molecule has 0 aliphatic carbocycles. The van der Waals surface area contributed by atoms with Crippen molar-refractivity contribution in [3.05, 3.63) is 53.8 Å². The summed E-state index contributed by atoms with van der Waals surface area (Å²) in [7, 11) is 0. The smallest absolute Gasteiger partial charge is 0.355 e. The lowest BCUT2D eigenvalue weighted by Gasteiger charge is -2.13. The highest BCUT2D eigenvalue weighted by Gasteiger charge is 2.40. The molecule has 27 heavy (non-hydrogen) atoms. The fourth-order valence-electron chi connectivity index (χ4n) is 2.95. The van der Waals surface area contributed by atoms with Gasteiger partial charge in [0.1, 0.15) is 0 Å². The Kier molecular flexibility index (Phi) is 4.17. The Hall–Kier alpha value is -3.17. The number of rotatable bonds is 3. The SMILES string of the molecule is O=C(c1cc(-c2ccccc2)on1)N1CCC(c2noc(C(F)(F)F)n2)C1. The van der Waals surface area contributed by atoms with Crippen molar-refractivity contribution in [2.75, 3.05) is 13.1 Å². The lowest BCUT2D eigenvalue weighted by atomic mass is 10.1. The maximum atomic E-state index is 12.6. The van der Waals surface area contributed by atoms with E-state index in [0.29, 0.717) is 18.7 Å². The van der Waals surface area contributed by atoms with Gasteiger partial charge in [0.15, 0.2) is 17.3 Å². The third-order valence-electron chi connectivity index (χ3n) is 4.31. The summed E-state index contributed by atoms with van der Waals surface area (Å²) in [4.78, 5) is 17.5. The van der Waals surface area contributed by atoms with Crippen molar-refractivity contribution in [1.82, 2.24) is 20.2 Å². The normalized spacial score (nSPS) is 17.4. The average molecular weight is 378 g/mol. The standard InChI is InChI=1S/C17H13F3N4O3/c18-17(19,20)16-21-14(23-27-16)11-6-7-24(9-11)15(25)12-8-13(26-22-12)10-4-2-1-3-5-10/h1-5,8,11H,6-7,9H2. The van der Waals surface area contributed by atoms with E-state index in [0.717, 1.165) is 5.56 Å². The molecule has 1 fully saturated rings.